The van der Waals surface area contributed by atoms with Crippen LogP contribution in [0, 0.1) is 18.3 Å². The van der Waals surface area contributed by atoms with Crippen molar-refractivity contribution in [1.29, 1.82) is 0 Å². The summed E-state index contributed by atoms with van der Waals surface area (Å²) in [6, 6.07) is -0.872. The first-order chi connectivity index (χ1) is 12.6. The van der Waals surface area contributed by atoms with Gasteiger partial charge >= 0.3 is 0 Å². The van der Waals surface area contributed by atoms with Crippen molar-refractivity contribution in [2.24, 2.45) is 11.7 Å². The average Bonchev–Trinajstić information content (AvgIpc) is 2.59. The highest BCUT2D eigenvalue weighted by molar-refractivity contribution is 7.91. The molecule has 0 radical (unpaired) electrons. The van der Waals surface area contributed by atoms with Gasteiger partial charge in [0.15, 0.2) is 9.84 Å². The van der Waals surface area contributed by atoms with Gasteiger partial charge in [0, 0.05) is 25.9 Å². The number of hydrogen-bond donors (Lipinski definition) is 4. The maximum atomic E-state index is 12.3. The summed E-state index contributed by atoms with van der Waals surface area (Å²) in [4.78, 5) is 24.3. The fraction of sp³-hybridized carbons (Fsp3) is 0.778. The molecular formula is C18H33N3O5S. The normalized spacial score (nSPS) is 13.6. The van der Waals surface area contributed by atoms with E-state index in [0.717, 1.165) is 6.42 Å². The number of nitrogens with one attached hydrogen (secondary N) is 2. The van der Waals surface area contributed by atoms with Crippen LogP contribution in [-0.2, 0) is 19.4 Å². The van der Waals surface area contributed by atoms with Gasteiger partial charge in [-0.1, -0.05) is 13.8 Å². The van der Waals surface area contributed by atoms with Gasteiger partial charge in [0.2, 0.25) is 11.8 Å². The van der Waals surface area contributed by atoms with Gasteiger partial charge in [-0.05, 0) is 25.2 Å². The van der Waals surface area contributed by atoms with Crippen LogP contribution in [0.1, 0.15) is 46.0 Å². The molecule has 0 saturated heterocycles. The van der Waals surface area contributed by atoms with E-state index in [-0.39, 0.29) is 43.9 Å². The van der Waals surface area contributed by atoms with Gasteiger partial charge in [0.05, 0.1) is 17.6 Å². The standard InChI is InChI=1S/C18H33N3O5S/c1-4-5-6-16(18(24)20-13-15(22)8-7-14(2)3)21-17(23)9-11-27(25,26)12-10-19/h1,14-16,22H,5-13,19H2,2-3H3,(H,20,24)(H,21,23)/t15-,16-/m0/s1. The molecule has 0 aromatic carbocycles. The summed E-state index contributed by atoms with van der Waals surface area (Å²) in [7, 11) is -3.39. The van der Waals surface area contributed by atoms with Crippen molar-refractivity contribution >= 4 is 21.7 Å². The number of aliphatic hydroxyl groups is 1. The zero-order valence-electron chi connectivity index (χ0n) is 16.2. The van der Waals surface area contributed by atoms with Crippen LogP contribution < -0.4 is 16.4 Å². The van der Waals surface area contributed by atoms with E-state index < -0.39 is 33.8 Å². The predicted octanol–water partition coefficient (Wildman–Crippen LogP) is -0.438. The first kappa shape index (κ1) is 25.4. The Hall–Kier alpha value is -1.63. The number of nitrogens with two attached hydrogens (primary N) is 1. The lowest BCUT2D eigenvalue weighted by molar-refractivity contribution is -0.129. The van der Waals surface area contributed by atoms with Crippen molar-refractivity contribution in [2.75, 3.05) is 24.6 Å². The molecule has 8 nitrogen and oxygen atoms in total. The zero-order valence-corrected chi connectivity index (χ0v) is 17.1. The Morgan fingerprint density at radius 3 is 2.41 bits per heavy atom. The quantitative estimate of drug-likeness (QED) is 0.290. The molecule has 0 aliphatic heterocycles. The Kier molecular flexibility index (Phi) is 12.7. The van der Waals surface area contributed by atoms with Crippen LogP contribution >= 0.6 is 0 Å². The molecule has 0 saturated carbocycles. The second-order valence-electron chi connectivity index (χ2n) is 6.92. The van der Waals surface area contributed by atoms with Crippen molar-refractivity contribution in [2.45, 2.75) is 58.1 Å². The fourth-order valence-electron chi connectivity index (χ4n) is 2.26. The fourth-order valence-corrected chi connectivity index (χ4v) is 3.32. The van der Waals surface area contributed by atoms with Gasteiger partial charge in [0.25, 0.3) is 0 Å². The molecule has 5 N–H and O–H groups in total. The Bertz CT molecular complexity index is 599. The van der Waals surface area contributed by atoms with E-state index in [4.69, 9.17) is 12.2 Å². The maximum Gasteiger partial charge on any atom is 0.242 e. The summed E-state index contributed by atoms with van der Waals surface area (Å²) >= 11 is 0. The molecule has 0 bridgehead atoms. The van der Waals surface area contributed by atoms with Gasteiger partial charge in [-0.3, -0.25) is 9.59 Å². The summed E-state index contributed by atoms with van der Waals surface area (Å²) in [6.07, 6.45) is 6.22. The first-order valence-corrected chi connectivity index (χ1v) is 11.0. The number of carbonyl (C=O) groups excluding carboxylic acids is 2. The molecule has 9 heteroatoms. The molecule has 0 aliphatic carbocycles. The monoisotopic (exact) mass is 403 g/mol. The maximum absolute atomic E-state index is 12.3. The van der Waals surface area contributed by atoms with Crippen molar-refractivity contribution in [3.8, 4) is 12.3 Å². The van der Waals surface area contributed by atoms with E-state index in [0.29, 0.717) is 12.3 Å². The SMILES string of the molecule is C#CCC[C@H](NC(=O)CCS(=O)(=O)CCN)C(=O)NC[C@@H](O)CCC(C)C. The van der Waals surface area contributed by atoms with Crippen LogP contribution in [0.25, 0.3) is 0 Å². The minimum Gasteiger partial charge on any atom is -0.391 e. The summed E-state index contributed by atoms with van der Waals surface area (Å²) in [5, 5.41) is 15.0. The molecule has 0 rings (SSSR count). The van der Waals surface area contributed by atoms with Crippen LogP contribution in [-0.4, -0.2) is 62.1 Å². The second kappa shape index (κ2) is 13.5. The van der Waals surface area contributed by atoms with Crippen LogP contribution in [0.15, 0.2) is 0 Å². The summed E-state index contributed by atoms with van der Waals surface area (Å²) in [5.41, 5.74) is 5.22. The second-order valence-corrected chi connectivity index (χ2v) is 9.23. The van der Waals surface area contributed by atoms with E-state index in [2.05, 4.69) is 16.6 Å². The van der Waals surface area contributed by atoms with E-state index in [1.165, 1.54) is 0 Å². The third-order valence-electron chi connectivity index (χ3n) is 3.89. The van der Waals surface area contributed by atoms with Crippen molar-refractivity contribution < 1.29 is 23.1 Å². The highest BCUT2D eigenvalue weighted by atomic mass is 32.2. The van der Waals surface area contributed by atoms with Gasteiger partial charge in [-0.2, -0.15) is 0 Å². The van der Waals surface area contributed by atoms with E-state index in [1.807, 2.05) is 13.8 Å². The summed E-state index contributed by atoms with van der Waals surface area (Å²) in [6.45, 7) is 4.17. The van der Waals surface area contributed by atoms with Crippen molar-refractivity contribution in [3.63, 3.8) is 0 Å². The van der Waals surface area contributed by atoms with Gasteiger partial charge < -0.3 is 21.5 Å². The highest BCUT2D eigenvalue weighted by Gasteiger charge is 2.22. The number of rotatable bonds is 14. The molecule has 0 aromatic rings. The molecule has 0 heterocycles. The van der Waals surface area contributed by atoms with Crippen LogP contribution in [0.3, 0.4) is 0 Å². The molecule has 0 unspecified atom stereocenters. The molecule has 0 aliphatic rings. The number of terminal acetylenes is 1. The topological polar surface area (TPSA) is 139 Å². The Balaban J connectivity index is 4.57. The Morgan fingerprint density at radius 1 is 1.19 bits per heavy atom. The third-order valence-corrected chi connectivity index (χ3v) is 5.57. The molecule has 156 valence electrons. The minimum atomic E-state index is -3.39. The lowest BCUT2D eigenvalue weighted by atomic mass is 10.0. The average molecular weight is 404 g/mol. The minimum absolute atomic E-state index is 0.00368. The number of hydrogen-bond acceptors (Lipinski definition) is 6. The molecule has 27 heavy (non-hydrogen) atoms. The number of sulfone groups is 1. The van der Waals surface area contributed by atoms with Crippen LogP contribution in [0.4, 0.5) is 0 Å². The number of carbonyl (C=O) groups is 2. The lowest BCUT2D eigenvalue weighted by Gasteiger charge is -2.19. The summed E-state index contributed by atoms with van der Waals surface area (Å²) < 4.78 is 23.2. The van der Waals surface area contributed by atoms with E-state index >= 15 is 0 Å². The molecule has 2 amide bonds. The number of amides is 2. The van der Waals surface area contributed by atoms with E-state index in [1.54, 1.807) is 0 Å². The molecular weight excluding hydrogens is 370 g/mol. The number of aliphatic hydroxyl groups excluding tert-OH is 1. The zero-order chi connectivity index (χ0) is 20.9. The highest BCUT2D eigenvalue weighted by Crippen LogP contribution is 2.06. The molecule has 0 aromatic heterocycles. The van der Waals surface area contributed by atoms with Crippen molar-refractivity contribution in [3.05, 3.63) is 0 Å². The van der Waals surface area contributed by atoms with Gasteiger partial charge in [-0.15, -0.1) is 12.3 Å². The predicted molar refractivity (Wildman–Crippen MR) is 105 cm³/mol. The molecule has 0 fully saturated rings. The smallest absolute Gasteiger partial charge is 0.242 e. The van der Waals surface area contributed by atoms with Crippen molar-refractivity contribution in [1.82, 2.24) is 10.6 Å². The Morgan fingerprint density at radius 2 is 1.85 bits per heavy atom. The van der Waals surface area contributed by atoms with Crippen LogP contribution in [0.2, 0.25) is 0 Å². The summed E-state index contributed by atoms with van der Waals surface area (Å²) in [5.74, 6) is 1.35. The van der Waals surface area contributed by atoms with Gasteiger partial charge in [-0.25, -0.2) is 8.42 Å². The lowest BCUT2D eigenvalue weighted by Crippen LogP contribution is -2.48. The van der Waals surface area contributed by atoms with Crippen LogP contribution in [0.5, 0.6) is 0 Å². The first-order valence-electron chi connectivity index (χ1n) is 9.20. The largest absolute Gasteiger partial charge is 0.391 e. The molecule has 0 spiro atoms. The van der Waals surface area contributed by atoms with E-state index in [9.17, 15) is 23.1 Å². The van der Waals surface area contributed by atoms with Gasteiger partial charge in [0.1, 0.15) is 6.04 Å². The molecule has 2 atom stereocenters. The third kappa shape index (κ3) is 13.2. The Labute approximate surface area is 162 Å².